The van der Waals surface area contributed by atoms with Gasteiger partial charge in [0, 0.05) is 22.2 Å². The molecule has 0 spiro atoms. The van der Waals surface area contributed by atoms with Crippen molar-refractivity contribution in [1.82, 2.24) is 4.98 Å². The number of halogens is 2. The fourth-order valence-corrected chi connectivity index (χ4v) is 3.03. The molecule has 0 radical (unpaired) electrons. The van der Waals surface area contributed by atoms with Gasteiger partial charge < -0.3 is 5.73 Å². The van der Waals surface area contributed by atoms with E-state index in [-0.39, 0.29) is 6.04 Å². The molecule has 0 aliphatic heterocycles. The van der Waals surface area contributed by atoms with Gasteiger partial charge in [0.05, 0.1) is 5.02 Å². The molecule has 0 fully saturated rings. The Morgan fingerprint density at radius 2 is 2.11 bits per heavy atom. The average molecular weight is 313 g/mol. The maximum Gasteiger partial charge on any atom is 0.119 e. The standard InChI is InChI=1S/C14H14Cl2N2S/c1-9(17)7-10-8-11(15)4-5-13(10)19-14-12(16)3-2-6-18-14/h2-6,8-9H,7,17H2,1H3. The van der Waals surface area contributed by atoms with Crippen molar-refractivity contribution in [2.45, 2.75) is 29.3 Å². The SMILES string of the molecule is CC(N)Cc1cc(Cl)ccc1Sc1ncccc1Cl. The fraction of sp³-hybridized carbons (Fsp3) is 0.214. The third-order valence-electron chi connectivity index (χ3n) is 2.50. The van der Waals surface area contributed by atoms with E-state index in [9.17, 15) is 0 Å². The number of aromatic nitrogens is 1. The first-order valence-corrected chi connectivity index (χ1v) is 7.46. The van der Waals surface area contributed by atoms with Crippen molar-refractivity contribution in [3.05, 3.63) is 52.1 Å². The Hall–Kier alpha value is -0.740. The summed E-state index contributed by atoms with van der Waals surface area (Å²) >= 11 is 13.7. The van der Waals surface area contributed by atoms with Gasteiger partial charge in [0.1, 0.15) is 5.03 Å². The van der Waals surface area contributed by atoms with Gasteiger partial charge in [-0.3, -0.25) is 0 Å². The maximum atomic E-state index is 6.13. The second-order valence-corrected chi connectivity index (χ2v) is 6.20. The van der Waals surface area contributed by atoms with Gasteiger partial charge in [0.25, 0.3) is 0 Å². The highest BCUT2D eigenvalue weighted by molar-refractivity contribution is 7.99. The van der Waals surface area contributed by atoms with Crippen LogP contribution in [0, 0.1) is 0 Å². The van der Waals surface area contributed by atoms with Crippen LogP contribution in [0.5, 0.6) is 0 Å². The first kappa shape index (κ1) is 14.7. The zero-order valence-electron chi connectivity index (χ0n) is 10.4. The van der Waals surface area contributed by atoms with E-state index in [1.807, 2.05) is 37.3 Å². The largest absolute Gasteiger partial charge is 0.328 e. The molecular weight excluding hydrogens is 299 g/mol. The zero-order valence-corrected chi connectivity index (χ0v) is 12.8. The highest BCUT2D eigenvalue weighted by Crippen LogP contribution is 2.34. The van der Waals surface area contributed by atoms with Crippen molar-refractivity contribution in [3.8, 4) is 0 Å². The van der Waals surface area contributed by atoms with E-state index in [1.54, 1.807) is 6.20 Å². The van der Waals surface area contributed by atoms with Crippen molar-refractivity contribution in [1.29, 1.82) is 0 Å². The van der Waals surface area contributed by atoms with Gasteiger partial charge in [-0.2, -0.15) is 0 Å². The van der Waals surface area contributed by atoms with Crippen LogP contribution in [-0.4, -0.2) is 11.0 Å². The molecule has 0 aliphatic rings. The zero-order chi connectivity index (χ0) is 13.8. The van der Waals surface area contributed by atoms with Gasteiger partial charge in [0.15, 0.2) is 0 Å². The number of benzene rings is 1. The number of pyridine rings is 1. The summed E-state index contributed by atoms with van der Waals surface area (Å²) in [5.41, 5.74) is 6.99. The van der Waals surface area contributed by atoms with Crippen LogP contribution in [0.2, 0.25) is 10.0 Å². The molecule has 1 aromatic heterocycles. The van der Waals surface area contributed by atoms with Gasteiger partial charge in [-0.05, 0) is 49.2 Å². The van der Waals surface area contributed by atoms with Crippen molar-refractivity contribution in [2.24, 2.45) is 5.73 Å². The van der Waals surface area contributed by atoms with Crippen molar-refractivity contribution >= 4 is 35.0 Å². The first-order chi connectivity index (χ1) is 9.06. The lowest BCUT2D eigenvalue weighted by molar-refractivity contribution is 0.729. The smallest absolute Gasteiger partial charge is 0.119 e. The van der Waals surface area contributed by atoms with Crippen molar-refractivity contribution < 1.29 is 0 Å². The predicted octanol–water partition coefficient (Wildman–Crippen LogP) is 4.43. The van der Waals surface area contributed by atoms with Crippen LogP contribution in [-0.2, 0) is 6.42 Å². The molecule has 0 saturated heterocycles. The fourth-order valence-electron chi connectivity index (χ4n) is 1.70. The third kappa shape index (κ3) is 4.11. The van der Waals surface area contributed by atoms with Crippen LogP contribution in [0.3, 0.4) is 0 Å². The normalized spacial score (nSPS) is 12.4. The maximum absolute atomic E-state index is 6.13. The lowest BCUT2D eigenvalue weighted by Crippen LogP contribution is -2.18. The van der Waals surface area contributed by atoms with Gasteiger partial charge in [-0.25, -0.2) is 4.98 Å². The quantitative estimate of drug-likeness (QED) is 0.907. The van der Waals surface area contributed by atoms with E-state index in [4.69, 9.17) is 28.9 Å². The van der Waals surface area contributed by atoms with E-state index in [0.717, 1.165) is 21.9 Å². The number of nitrogens with two attached hydrogens (primary N) is 1. The molecule has 0 saturated carbocycles. The molecule has 1 aromatic carbocycles. The lowest BCUT2D eigenvalue weighted by atomic mass is 10.1. The Kier molecular flexibility index (Phi) is 5.11. The molecule has 5 heteroatoms. The number of hydrogen-bond acceptors (Lipinski definition) is 3. The van der Waals surface area contributed by atoms with E-state index >= 15 is 0 Å². The van der Waals surface area contributed by atoms with Crippen LogP contribution < -0.4 is 5.73 Å². The monoisotopic (exact) mass is 312 g/mol. The molecule has 2 aromatic rings. The van der Waals surface area contributed by atoms with Crippen LogP contribution in [0.4, 0.5) is 0 Å². The van der Waals surface area contributed by atoms with Crippen molar-refractivity contribution in [3.63, 3.8) is 0 Å². The van der Waals surface area contributed by atoms with Crippen LogP contribution >= 0.6 is 35.0 Å². The molecule has 2 nitrogen and oxygen atoms in total. The molecule has 1 atom stereocenters. The van der Waals surface area contributed by atoms with E-state index in [0.29, 0.717) is 10.0 Å². The topological polar surface area (TPSA) is 38.9 Å². The summed E-state index contributed by atoms with van der Waals surface area (Å²) in [4.78, 5) is 5.37. The minimum Gasteiger partial charge on any atom is -0.328 e. The Morgan fingerprint density at radius 3 is 2.79 bits per heavy atom. The Balaban J connectivity index is 2.32. The molecule has 0 amide bonds. The summed E-state index contributed by atoms with van der Waals surface area (Å²) in [6.45, 7) is 1.98. The second-order valence-electron chi connectivity index (χ2n) is 4.33. The van der Waals surface area contributed by atoms with E-state index in [1.165, 1.54) is 11.8 Å². The minimum absolute atomic E-state index is 0.0806. The van der Waals surface area contributed by atoms with Crippen LogP contribution in [0.15, 0.2) is 46.5 Å². The molecule has 2 N–H and O–H groups in total. The highest BCUT2D eigenvalue weighted by Gasteiger charge is 2.10. The van der Waals surface area contributed by atoms with E-state index < -0.39 is 0 Å². The Bertz CT molecular complexity index is 573. The summed E-state index contributed by atoms with van der Waals surface area (Å²) in [6, 6.07) is 9.53. The lowest BCUT2D eigenvalue weighted by Gasteiger charge is -2.12. The van der Waals surface area contributed by atoms with Gasteiger partial charge >= 0.3 is 0 Å². The predicted molar refractivity (Wildman–Crippen MR) is 82.2 cm³/mol. The first-order valence-electron chi connectivity index (χ1n) is 5.88. The summed E-state index contributed by atoms with van der Waals surface area (Å²) in [6.07, 6.45) is 2.50. The van der Waals surface area contributed by atoms with Gasteiger partial charge in [-0.15, -0.1) is 0 Å². The molecule has 0 aliphatic carbocycles. The molecule has 100 valence electrons. The Labute approximate surface area is 127 Å². The molecule has 19 heavy (non-hydrogen) atoms. The molecule has 1 unspecified atom stereocenters. The molecular formula is C14H14Cl2N2S. The molecule has 0 bridgehead atoms. The van der Waals surface area contributed by atoms with Crippen molar-refractivity contribution in [2.75, 3.05) is 0 Å². The Morgan fingerprint density at radius 1 is 1.32 bits per heavy atom. The number of nitrogens with zero attached hydrogens (tertiary/aromatic N) is 1. The van der Waals surface area contributed by atoms with Crippen LogP contribution in [0.25, 0.3) is 0 Å². The molecule has 2 rings (SSSR count). The van der Waals surface area contributed by atoms with Gasteiger partial charge in [0.2, 0.25) is 0 Å². The summed E-state index contributed by atoms with van der Waals surface area (Å²) in [5, 5.41) is 2.15. The average Bonchev–Trinajstić information content (AvgIpc) is 2.34. The second kappa shape index (κ2) is 6.62. The minimum atomic E-state index is 0.0806. The molecule has 1 heterocycles. The summed E-state index contributed by atoms with van der Waals surface area (Å²) < 4.78 is 0. The van der Waals surface area contributed by atoms with E-state index in [2.05, 4.69) is 4.98 Å². The third-order valence-corrected chi connectivity index (χ3v) is 4.28. The number of hydrogen-bond donors (Lipinski definition) is 1. The summed E-state index contributed by atoms with van der Waals surface area (Å²) in [5.74, 6) is 0. The highest BCUT2D eigenvalue weighted by atomic mass is 35.5. The summed E-state index contributed by atoms with van der Waals surface area (Å²) in [7, 11) is 0. The van der Waals surface area contributed by atoms with Crippen LogP contribution in [0.1, 0.15) is 12.5 Å². The van der Waals surface area contributed by atoms with Gasteiger partial charge in [-0.1, -0.05) is 35.0 Å². The number of rotatable bonds is 4.